The van der Waals surface area contributed by atoms with Crippen molar-refractivity contribution in [3.63, 3.8) is 0 Å². The molecule has 4 heteroatoms. The molecule has 0 saturated heterocycles. The van der Waals surface area contributed by atoms with Gasteiger partial charge >= 0.3 is 0 Å². The van der Waals surface area contributed by atoms with E-state index in [-0.39, 0.29) is 17.8 Å². The fourth-order valence-corrected chi connectivity index (χ4v) is 1.39. The van der Waals surface area contributed by atoms with Crippen LogP contribution in [0.4, 0.5) is 0 Å². The largest absolute Gasteiger partial charge is 0.489 e. The Morgan fingerprint density at radius 2 is 1.94 bits per heavy atom. The third-order valence-electron chi connectivity index (χ3n) is 2.39. The second-order valence-electron chi connectivity index (χ2n) is 4.71. The van der Waals surface area contributed by atoms with Crippen molar-refractivity contribution in [2.24, 2.45) is 11.7 Å². The maximum absolute atomic E-state index is 12.0. The summed E-state index contributed by atoms with van der Waals surface area (Å²) in [7, 11) is 0. The number of nitrogens with two attached hydrogens (primary N) is 1. The van der Waals surface area contributed by atoms with Gasteiger partial charge in [0, 0.05) is 11.8 Å². The lowest BCUT2D eigenvalue weighted by atomic mass is 9.97. The number of Topliss-reactive ketones (excluding diaryl/α,β-unsaturated/α-hetero) is 1. The summed E-state index contributed by atoms with van der Waals surface area (Å²) in [5.74, 6) is 0.612. The zero-order chi connectivity index (χ0) is 13.0. The Morgan fingerprint density at radius 1 is 1.29 bits per heavy atom. The topological polar surface area (TPSA) is 65.2 Å². The Balaban J connectivity index is 2.88. The van der Waals surface area contributed by atoms with Crippen LogP contribution in [0.5, 0.6) is 5.75 Å². The van der Waals surface area contributed by atoms with E-state index in [9.17, 15) is 4.79 Å². The van der Waals surface area contributed by atoms with Crippen LogP contribution in [0, 0.1) is 5.92 Å². The van der Waals surface area contributed by atoms with E-state index in [4.69, 9.17) is 10.5 Å². The number of carbonyl (C=O) groups is 1. The van der Waals surface area contributed by atoms with E-state index in [2.05, 4.69) is 4.98 Å². The fourth-order valence-electron chi connectivity index (χ4n) is 1.39. The number of pyridine rings is 1. The minimum atomic E-state index is -0.494. The van der Waals surface area contributed by atoms with Crippen molar-refractivity contribution in [2.75, 3.05) is 0 Å². The van der Waals surface area contributed by atoms with E-state index in [1.165, 1.54) is 6.20 Å². The lowest BCUT2D eigenvalue weighted by Crippen LogP contribution is -2.35. The summed E-state index contributed by atoms with van der Waals surface area (Å²) in [4.78, 5) is 16.0. The summed E-state index contributed by atoms with van der Waals surface area (Å²) in [6.07, 6.45) is 3.18. The van der Waals surface area contributed by atoms with Gasteiger partial charge in [-0.1, -0.05) is 13.8 Å². The highest BCUT2D eigenvalue weighted by Crippen LogP contribution is 2.15. The van der Waals surface area contributed by atoms with Crippen molar-refractivity contribution >= 4 is 5.78 Å². The smallest absolute Gasteiger partial charge is 0.181 e. The number of hydrogen-bond acceptors (Lipinski definition) is 4. The first-order valence-corrected chi connectivity index (χ1v) is 5.83. The molecule has 0 amide bonds. The monoisotopic (exact) mass is 236 g/mol. The molecule has 1 unspecified atom stereocenters. The number of rotatable bonds is 5. The molecule has 0 fully saturated rings. The van der Waals surface area contributed by atoms with Crippen LogP contribution >= 0.6 is 0 Å². The molecule has 0 aliphatic heterocycles. The Morgan fingerprint density at radius 3 is 2.47 bits per heavy atom. The van der Waals surface area contributed by atoms with E-state index in [0.29, 0.717) is 11.3 Å². The average Bonchev–Trinajstić information content (AvgIpc) is 2.26. The lowest BCUT2D eigenvalue weighted by molar-refractivity contribution is 0.0939. The van der Waals surface area contributed by atoms with Gasteiger partial charge < -0.3 is 10.5 Å². The highest BCUT2D eigenvalue weighted by molar-refractivity contribution is 6.00. The van der Waals surface area contributed by atoms with E-state index < -0.39 is 6.04 Å². The molecule has 2 N–H and O–H groups in total. The molecule has 1 aromatic heterocycles. The van der Waals surface area contributed by atoms with Gasteiger partial charge in [0.25, 0.3) is 0 Å². The van der Waals surface area contributed by atoms with Gasteiger partial charge in [-0.3, -0.25) is 9.78 Å². The standard InChI is InChI=1S/C13H20N2O2/c1-8(2)12(14)13(16)10-5-11(7-15-6-10)17-9(3)4/h5-9,12H,14H2,1-4H3. The molecule has 1 aromatic rings. The van der Waals surface area contributed by atoms with E-state index in [1.807, 2.05) is 27.7 Å². The van der Waals surface area contributed by atoms with Gasteiger partial charge in [0.05, 0.1) is 18.3 Å². The van der Waals surface area contributed by atoms with Gasteiger partial charge in [0.2, 0.25) is 0 Å². The van der Waals surface area contributed by atoms with Crippen LogP contribution in [0.2, 0.25) is 0 Å². The second-order valence-corrected chi connectivity index (χ2v) is 4.71. The van der Waals surface area contributed by atoms with Crippen molar-refractivity contribution in [1.82, 2.24) is 4.98 Å². The van der Waals surface area contributed by atoms with Crippen molar-refractivity contribution in [3.8, 4) is 5.75 Å². The van der Waals surface area contributed by atoms with Gasteiger partial charge in [0.1, 0.15) is 5.75 Å². The third-order valence-corrected chi connectivity index (χ3v) is 2.39. The predicted molar refractivity (Wildman–Crippen MR) is 67.1 cm³/mol. The number of aromatic nitrogens is 1. The van der Waals surface area contributed by atoms with E-state index >= 15 is 0 Å². The first-order chi connectivity index (χ1) is 7.91. The minimum absolute atomic E-state index is 0.0564. The summed E-state index contributed by atoms with van der Waals surface area (Å²) >= 11 is 0. The summed E-state index contributed by atoms with van der Waals surface area (Å²) < 4.78 is 5.49. The maximum Gasteiger partial charge on any atom is 0.181 e. The van der Waals surface area contributed by atoms with Crippen LogP contribution in [-0.2, 0) is 0 Å². The molecule has 0 saturated carbocycles. The zero-order valence-electron chi connectivity index (χ0n) is 10.8. The first-order valence-electron chi connectivity index (χ1n) is 5.83. The molecular formula is C13H20N2O2. The summed E-state index contributed by atoms with van der Waals surface area (Å²) in [6, 6.07) is 1.20. The minimum Gasteiger partial charge on any atom is -0.489 e. The molecule has 1 atom stereocenters. The highest BCUT2D eigenvalue weighted by atomic mass is 16.5. The van der Waals surface area contributed by atoms with Crippen LogP contribution in [-0.4, -0.2) is 22.9 Å². The molecule has 0 aliphatic rings. The molecule has 0 radical (unpaired) electrons. The quantitative estimate of drug-likeness (QED) is 0.794. The highest BCUT2D eigenvalue weighted by Gasteiger charge is 2.19. The average molecular weight is 236 g/mol. The van der Waals surface area contributed by atoms with Crippen LogP contribution in [0.3, 0.4) is 0 Å². The van der Waals surface area contributed by atoms with Gasteiger partial charge in [-0.2, -0.15) is 0 Å². The number of hydrogen-bond donors (Lipinski definition) is 1. The molecule has 1 rings (SSSR count). The Labute approximate surface area is 102 Å². The molecule has 0 aromatic carbocycles. The first kappa shape index (κ1) is 13.6. The van der Waals surface area contributed by atoms with Crippen LogP contribution in [0.1, 0.15) is 38.1 Å². The van der Waals surface area contributed by atoms with Crippen molar-refractivity contribution in [3.05, 3.63) is 24.0 Å². The summed E-state index contributed by atoms with van der Waals surface area (Å²) in [5, 5.41) is 0. The molecule has 1 heterocycles. The normalized spacial score (nSPS) is 12.9. The number of carbonyl (C=O) groups excluding carboxylic acids is 1. The second kappa shape index (κ2) is 5.77. The molecule has 94 valence electrons. The van der Waals surface area contributed by atoms with Crippen LogP contribution in [0.15, 0.2) is 18.5 Å². The number of nitrogens with zero attached hydrogens (tertiary/aromatic N) is 1. The van der Waals surface area contributed by atoms with Gasteiger partial charge in [0.15, 0.2) is 5.78 Å². The molecular weight excluding hydrogens is 216 g/mol. The molecule has 17 heavy (non-hydrogen) atoms. The third kappa shape index (κ3) is 3.82. The van der Waals surface area contributed by atoms with E-state index in [1.54, 1.807) is 12.3 Å². The van der Waals surface area contributed by atoms with Crippen molar-refractivity contribution in [1.29, 1.82) is 0 Å². The zero-order valence-corrected chi connectivity index (χ0v) is 10.8. The van der Waals surface area contributed by atoms with Crippen LogP contribution in [0.25, 0.3) is 0 Å². The van der Waals surface area contributed by atoms with Crippen LogP contribution < -0.4 is 10.5 Å². The van der Waals surface area contributed by atoms with Crippen molar-refractivity contribution in [2.45, 2.75) is 39.8 Å². The fraction of sp³-hybridized carbons (Fsp3) is 0.538. The summed E-state index contributed by atoms with van der Waals surface area (Å²) in [6.45, 7) is 7.69. The number of ether oxygens (including phenoxy) is 1. The SMILES string of the molecule is CC(C)Oc1cncc(C(=O)C(N)C(C)C)c1. The Kier molecular flexibility index (Phi) is 4.63. The van der Waals surface area contributed by atoms with Gasteiger partial charge in [-0.15, -0.1) is 0 Å². The Hall–Kier alpha value is -1.42. The lowest BCUT2D eigenvalue weighted by Gasteiger charge is -2.15. The van der Waals surface area contributed by atoms with E-state index in [0.717, 1.165) is 0 Å². The van der Waals surface area contributed by atoms with Gasteiger partial charge in [-0.05, 0) is 25.8 Å². The molecule has 0 bridgehead atoms. The van der Waals surface area contributed by atoms with Crippen molar-refractivity contribution < 1.29 is 9.53 Å². The molecule has 4 nitrogen and oxygen atoms in total. The number of ketones is 1. The van der Waals surface area contributed by atoms with Gasteiger partial charge in [-0.25, -0.2) is 0 Å². The molecule has 0 spiro atoms. The predicted octanol–water partition coefficient (Wildman–Crippen LogP) is 2.03. The molecule has 0 aliphatic carbocycles. The maximum atomic E-state index is 12.0. The Bertz CT molecular complexity index is 389. The summed E-state index contributed by atoms with van der Waals surface area (Å²) in [5.41, 5.74) is 6.33.